The maximum absolute atomic E-state index is 12.1. The molecule has 1 saturated carbocycles. The number of rotatable bonds is 6. The van der Waals surface area contributed by atoms with E-state index < -0.39 is 0 Å². The van der Waals surface area contributed by atoms with Crippen LogP contribution in [-0.4, -0.2) is 18.4 Å². The van der Waals surface area contributed by atoms with Crippen LogP contribution in [0.15, 0.2) is 36.4 Å². The summed E-state index contributed by atoms with van der Waals surface area (Å²) in [6, 6.07) is 8.54. The Labute approximate surface area is 136 Å². The van der Waals surface area contributed by atoms with Crippen LogP contribution in [0.1, 0.15) is 54.4 Å². The number of carbonyl (C=O) groups excluding carboxylic acids is 2. The third-order valence-electron chi connectivity index (χ3n) is 4.27. The molecule has 120 valence electrons. The summed E-state index contributed by atoms with van der Waals surface area (Å²) in [4.78, 5) is 22.3. The Bertz CT molecular complexity index is 590. The highest BCUT2D eigenvalue weighted by Gasteiger charge is 2.23. The van der Waals surface area contributed by atoms with Crippen molar-refractivity contribution in [1.29, 1.82) is 5.26 Å². The zero-order chi connectivity index (χ0) is 16.5. The first-order chi connectivity index (χ1) is 11.2. The van der Waals surface area contributed by atoms with Gasteiger partial charge in [-0.2, -0.15) is 5.26 Å². The molecule has 23 heavy (non-hydrogen) atoms. The molecule has 0 atom stereocenters. The molecule has 1 aliphatic rings. The molecule has 1 fully saturated rings. The second kappa shape index (κ2) is 8.89. The van der Waals surface area contributed by atoms with Crippen LogP contribution in [0.3, 0.4) is 0 Å². The summed E-state index contributed by atoms with van der Waals surface area (Å²) in [5.41, 5.74) is 1.02. The maximum atomic E-state index is 12.1. The monoisotopic (exact) mass is 311 g/mol. The third-order valence-corrected chi connectivity index (χ3v) is 4.27. The summed E-state index contributed by atoms with van der Waals surface area (Å²) < 4.78 is 5.56. The molecule has 4 heteroatoms. The second-order valence-electron chi connectivity index (χ2n) is 5.88. The summed E-state index contributed by atoms with van der Waals surface area (Å²) >= 11 is 0. The van der Waals surface area contributed by atoms with E-state index in [-0.39, 0.29) is 12.1 Å². The summed E-state index contributed by atoms with van der Waals surface area (Å²) in [6.45, 7) is 0. The van der Waals surface area contributed by atoms with E-state index >= 15 is 0 Å². The molecule has 1 aromatic carbocycles. The molecule has 0 N–H and O–H groups in total. The quantitative estimate of drug-likeness (QED) is 0.455. The molecule has 0 aromatic heterocycles. The number of benzene rings is 1. The highest BCUT2D eigenvalue weighted by molar-refractivity contribution is 5.89. The van der Waals surface area contributed by atoms with E-state index in [1.54, 1.807) is 30.3 Å². The third kappa shape index (κ3) is 5.37. The van der Waals surface area contributed by atoms with Crippen molar-refractivity contribution < 1.29 is 14.3 Å². The van der Waals surface area contributed by atoms with Gasteiger partial charge in [-0.3, -0.25) is 4.79 Å². The average Bonchev–Trinajstić information content (AvgIpc) is 2.60. The van der Waals surface area contributed by atoms with Crippen molar-refractivity contribution in [3.63, 3.8) is 0 Å². The molecule has 0 aliphatic heterocycles. The van der Waals surface area contributed by atoms with Gasteiger partial charge in [-0.05, 0) is 74.8 Å². The Kier molecular flexibility index (Phi) is 6.56. The van der Waals surface area contributed by atoms with Crippen LogP contribution in [-0.2, 0) is 9.53 Å². The lowest BCUT2D eigenvalue weighted by molar-refractivity contribution is -0.104. The lowest BCUT2D eigenvalue weighted by Crippen LogP contribution is -2.24. The fraction of sp³-hybridized carbons (Fsp3) is 0.421. The van der Waals surface area contributed by atoms with Gasteiger partial charge in [0.05, 0.1) is 17.2 Å². The number of esters is 1. The SMILES string of the molecule is N#Cc1ccc(C(=O)OC2CCC(CC/C=C/C=O)CC2)cc1. The predicted octanol–water partition coefficient (Wildman–Crippen LogP) is 3.81. The molecule has 0 saturated heterocycles. The first-order valence-electron chi connectivity index (χ1n) is 8.04. The standard InChI is InChI=1S/C19H21NO3/c20-14-16-5-9-17(10-6-16)19(22)23-18-11-7-15(8-12-18)4-2-1-3-13-21/h1,3,5-6,9-10,13,15,18H,2,4,7-8,11-12H2/b3-1+. The molecule has 0 heterocycles. The first-order valence-corrected chi connectivity index (χ1v) is 8.04. The lowest BCUT2D eigenvalue weighted by Gasteiger charge is -2.28. The van der Waals surface area contributed by atoms with E-state index in [9.17, 15) is 9.59 Å². The summed E-state index contributed by atoms with van der Waals surface area (Å²) in [7, 11) is 0. The van der Waals surface area contributed by atoms with E-state index in [1.165, 1.54) is 0 Å². The fourth-order valence-corrected chi connectivity index (χ4v) is 2.92. The number of carbonyl (C=O) groups is 2. The van der Waals surface area contributed by atoms with Gasteiger partial charge in [-0.25, -0.2) is 4.79 Å². The number of ether oxygens (including phenoxy) is 1. The Morgan fingerprint density at radius 2 is 1.91 bits per heavy atom. The van der Waals surface area contributed by atoms with Crippen LogP contribution in [0.4, 0.5) is 0 Å². The Morgan fingerprint density at radius 3 is 2.52 bits per heavy atom. The minimum absolute atomic E-state index is 0.0140. The van der Waals surface area contributed by atoms with Gasteiger partial charge in [0, 0.05) is 0 Å². The number of nitriles is 1. The Morgan fingerprint density at radius 1 is 1.22 bits per heavy atom. The van der Waals surface area contributed by atoms with Crippen LogP contribution in [0.5, 0.6) is 0 Å². The van der Waals surface area contributed by atoms with Gasteiger partial charge >= 0.3 is 5.97 Å². The van der Waals surface area contributed by atoms with Crippen molar-refractivity contribution in [3.8, 4) is 6.07 Å². The first kappa shape index (κ1) is 17.0. The van der Waals surface area contributed by atoms with E-state index in [1.807, 2.05) is 12.1 Å². The van der Waals surface area contributed by atoms with Crippen LogP contribution < -0.4 is 0 Å². The molecule has 4 nitrogen and oxygen atoms in total. The van der Waals surface area contributed by atoms with Crippen LogP contribution >= 0.6 is 0 Å². The second-order valence-corrected chi connectivity index (χ2v) is 5.88. The fourth-order valence-electron chi connectivity index (χ4n) is 2.92. The van der Waals surface area contributed by atoms with E-state index in [2.05, 4.69) is 0 Å². The van der Waals surface area contributed by atoms with Crippen LogP contribution in [0.25, 0.3) is 0 Å². The number of hydrogen-bond acceptors (Lipinski definition) is 4. The van der Waals surface area contributed by atoms with Gasteiger partial charge < -0.3 is 4.74 Å². The molecule has 0 unspecified atom stereocenters. The van der Waals surface area contributed by atoms with E-state index in [0.29, 0.717) is 17.0 Å². The Balaban J connectivity index is 1.75. The van der Waals surface area contributed by atoms with Gasteiger partial charge in [-0.15, -0.1) is 0 Å². The molecular weight excluding hydrogens is 290 g/mol. The summed E-state index contributed by atoms with van der Waals surface area (Å²) in [5.74, 6) is 0.336. The van der Waals surface area contributed by atoms with Crippen molar-refractivity contribution in [2.24, 2.45) is 5.92 Å². The molecular formula is C19H21NO3. The van der Waals surface area contributed by atoms with Gasteiger partial charge in [0.25, 0.3) is 0 Å². The summed E-state index contributed by atoms with van der Waals surface area (Å²) in [6.07, 6.45) is 10.2. The molecule has 2 rings (SSSR count). The molecule has 0 bridgehead atoms. The molecule has 0 amide bonds. The zero-order valence-electron chi connectivity index (χ0n) is 13.1. The lowest BCUT2D eigenvalue weighted by atomic mass is 9.84. The normalized spacial score (nSPS) is 20.8. The largest absolute Gasteiger partial charge is 0.459 e. The van der Waals surface area contributed by atoms with Gasteiger partial charge in [-0.1, -0.05) is 6.08 Å². The number of allylic oxidation sites excluding steroid dienone is 2. The van der Waals surface area contributed by atoms with Crippen molar-refractivity contribution in [1.82, 2.24) is 0 Å². The van der Waals surface area contributed by atoms with Gasteiger partial charge in [0.15, 0.2) is 0 Å². The Hall–Kier alpha value is -2.41. The predicted molar refractivity (Wildman–Crippen MR) is 86.8 cm³/mol. The van der Waals surface area contributed by atoms with Crippen molar-refractivity contribution in [2.75, 3.05) is 0 Å². The van der Waals surface area contributed by atoms with Crippen molar-refractivity contribution in [3.05, 3.63) is 47.5 Å². The number of hydrogen-bond donors (Lipinski definition) is 0. The highest BCUT2D eigenvalue weighted by atomic mass is 16.5. The van der Waals surface area contributed by atoms with Crippen LogP contribution in [0, 0.1) is 17.2 Å². The van der Waals surface area contributed by atoms with E-state index in [4.69, 9.17) is 10.00 Å². The van der Waals surface area contributed by atoms with Gasteiger partial charge in [0.2, 0.25) is 0 Å². The zero-order valence-corrected chi connectivity index (χ0v) is 13.1. The minimum atomic E-state index is -0.313. The number of nitrogens with zero attached hydrogens (tertiary/aromatic N) is 1. The number of aldehydes is 1. The van der Waals surface area contributed by atoms with Crippen LogP contribution in [0.2, 0.25) is 0 Å². The maximum Gasteiger partial charge on any atom is 0.338 e. The molecule has 1 aromatic rings. The highest BCUT2D eigenvalue weighted by Crippen LogP contribution is 2.30. The van der Waals surface area contributed by atoms with Gasteiger partial charge in [0.1, 0.15) is 12.4 Å². The topological polar surface area (TPSA) is 67.2 Å². The molecule has 0 radical (unpaired) electrons. The van der Waals surface area contributed by atoms with Crippen molar-refractivity contribution >= 4 is 12.3 Å². The smallest absolute Gasteiger partial charge is 0.338 e. The molecule has 0 spiro atoms. The minimum Gasteiger partial charge on any atom is -0.459 e. The average molecular weight is 311 g/mol. The molecule has 1 aliphatic carbocycles. The van der Waals surface area contributed by atoms with E-state index in [0.717, 1.165) is 44.8 Å². The van der Waals surface area contributed by atoms with Crippen molar-refractivity contribution in [2.45, 2.75) is 44.6 Å². The summed E-state index contributed by atoms with van der Waals surface area (Å²) in [5, 5.41) is 8.76.